The quantitative estimate of drug-likeness (QED) is 0.0461. The predicted octanol–water partition coefficient (Wildman–Crippen LogP) is 11.1. The molecule has 0 bridgehead atoms. The number of pyridine rings is 4. The minimum Gasteiger partial charge on any atom is -0.462 e. The van der Waals surface area contributed by atoms with Crippen LogP contribution in [0.1, 0.15) is 101 Å². The molecule has 9 rings (SSSR count). The molecule has 0 aliphatic heterocycles. The topological polar surface area (TPSA) is 239 Å². The van der Waals surface area contributed by atoms with Crippen molar-refractivity contribution in [2.75, 3.05) is 47.7 Å². The van der Waals surface area contributed by atoms with Gasteiger partial charge in [-0.15, -0.1) is 0 Å². The molecular formula is C58H48N8O10. The van der Waals surface area contributed by atoms with Crippen molar-refractivity contribution in [2.45, 2.75) is 27.7 Å². The van der Waals surface area contributed by atoms with Crippen LogP contribution in [-0.2, 0) is 18.9 Å². The Kier molecular flexibility index (Phi) is 15.2. The molecule has 0 fully saturated rings. The number of fused-ring (bicyclic) bond motifs is 2. The number of carbonyl (C=O) groups is 6. The van der Waals surface area contributed by atoms with Crippen LogP contribution < -0.4 is 21.3 Å². The largest absolute Gasteiger partial charge is 0.462 e. The molecule has 18 heteroatoms. The van der Waals surface area contributed by atoms with Gasteiger partial charge in [0.05, 0.1) is 93.7 Å². The fraction of sp³-hybridized carbons (Fsp3) is 0.138. The summed E-state index contributed by atoms with van der Waals surface area (Å²) in [5.41, 5.74) is 3.10. The summed E-state index contributed by atoms with van der Waals surface area (Å²) in [5, 5.41) is 13.4. The monoisotopic (exact) mass is 1020 g/mol. The Morgan fingerprint density at radius 1 is 0.382 bits per heavy atom. The zero-order chi connectivity index (χ0) is 53.3. The van der Waals surface area contributed by atoms with Gasteiger partial charge >= 0.3 is 23.9 Å². The first-order chi connectivity index (χ1) is 37.0. The van der Waals surface area contributed by atoms with Crippen LogP contribution in [0.5, 0.6) is 0 Å². The second-order valence-electron chi connectivity index (χ2n) is 16.6. The lowest BCUT2D eigenvalue weighted by Crippen LogP contribution is -2.28. The third kappa shape index (κ3) is 10.7. The zero-order valence-electron chi connectivity index (χ0n) is 41.6. The molecule has 0 spiro atoms. The van der Waals surface area contributed by atoms with Crippen LogP contribution in [0.2, 0.25) is 0 Å². The van der Waals surface area contributed by atoms with Crippen LogP contribution in [0, 0.1) is 0 Å². The van der Waals surface area contributed by atoms with E-state index in [-0.39, 0.29) is 106 Å². The Balaban J connectivity index is 1.31. The van der Waals surface area contributed by atoms with Crippen molar-refractivity contribution in [1.82, 2.24) is 19.9 Å². The number of ketones is 2. The van der Waals surface area contributed by atoms with Gasteiger partial charge in [-0.25, -0.2) is 29.1 Å². The maximum atomic E-state index is 16.4. The van der Waals surface area contributed by atoms with Crippen LogP contribution in [0.25, 0.3) is 22.8 Å². The second-order valence-corrected chi connectivity index (χ2v) is 16.6. The standard InChI is InChI=1S/C58H48N8O10/c1-5-73-55(69)33-15-23-37(24-16-33)61-49-45-43(47(41-13-9-11-31-59-41)65-53(49)63-39-27-19-35(20-28-39)57(71)75-7-3)51(67)44-46(52(45)68)50(62-38-25-17-34(18-26-38)56(70)74-6-2)54(66-48(44)42-14-10-12-32-60-42)64-40-29-21-36(22-30-40)58(72)76-8-4/h9-32,61-62H,5-8H2,1-4H3,(H,63,65)(H,64,66). The fourth-order valence-electron chi connectivity index (χ4n) is 8.30. The summed E-state index contributed by atoms with van der Waals surface area (Å²) < 4.78 is 20.9. The fourth-order valence-corrected chi connectivity index (χ4v) is 8.30. The number of ether oxygens (including phenoxy) is 4. The maximum absolute atomic E-state index is 16.4. The van der Waals surface area contributed by atoms with Crippen LogP contribution in [0.3, 0.4) is 0 Å². The molecule has 4 aromatic carbocycles. The molecule has 18 nitrogen and oxygen atoms in total. The first kappa shape index (κ1) is 50.8. The van der Waals surface area contributed by atoms with Crippen molar-refractivity contribution < 1.29 is 47.7 Å². The van der Waals surface area contributed by atoms with Gasteiger partial charge in [-0.3, -0.25) is 19.6 Å². The smallest absolute Gasteiger partial charge is 0.338 e. The summed E-state index contributed by atoms with van der Waals surface area (Å²) in [6, 6.07) is 35.8. The Labute approximate surface area is 435 Å². The Morgan fingerprint density at radius 3 is 0.947 bits per heavy atom. The van der Waals surface area contributed by atoms with E-state index in [0.29, 0.717) is 33.9 Å². The van der Waals surface area contributed by atoms with Crippen molar-refractivity contribution in [2.24, 2.45) is 0 Å². The van der Waals surface area contributed by atoms with Gasteiger partial charge in [0.1, 0.15) is 11.4 Å². The van der Waals surface area contributed by atoms with Crippen molar-refractivity contribution in [3.8, 4) is 22.8 Å². The van der Waals surface area contributed by atoms with Gasteiger partial charge in [0.25, 0.3) is 0 Å². The Hall–Kier alpha value is -10.1. The average molecular weight is 1020 g/mol. The summed E-state index contributed by atoms with van der Waals surface area (Å²) in [7, 11) is 0. The van der Waals surface area contributed by atoms with Crippen molar-refractivity contribution in [1.29, 1.82) is 0 Å². The highest BCUT2D eigenvalue weighted by Gasteiger charge is 2.42. The lowest BCUT2D eigenvalue weighted by molar-refractivity contribution is 0.0517. The van der Waals surface area contributed by atoms with Crippen LogP contribution in [0.4, 0.5) is 45.8 Å². The number of benzene rings is 4. The minimum absolute atomic E-state index is 0.0494. The number of rotatable bonds is 18. The summed E-state index contributed by atoms with van der Waals surface area (Å²) in [6.07, 6.45) is 3.08. The van der Waals surface area contributed by atoms with Crippen molar-refractivity contribution in [3.05, 3.63) is 190 Å². The Bertz CT molecular complexity index is 3270. The maximum Gasteiger partial charge on any atom is 0.338 e. The number of carbonyl (C=O) groups excluding carboxylic acids is 6. The molecule has 0 saturated heterocycles. The van der Waals surface area contributed by atoms with E-state index in [1.807, 2.05) is 0 Å². The molecule has 0 saturated carbocycles. The molecule has 4 heterocycles. The first-order valence-corrected chi connectivity index (χ1v) is 24.2. The number of hydrogen-bond acceptors (Lipinski definition) is 18. The Morgan fingerprint density at radius 2 is 0.671 bits per heavy atom. The minimum atomic E-state index is -0.665. The van der Waals surface area contributed by atoms with Crippen LogP contribution in [0.15, 0.2) is 146 Å². The summed E-state index contributed by atoms with van der Waals surface area (Å²) >= 11 is 0. The zero-order valence-corrected chi connectivity index (χ0v) is 41.6. The highest BCUT2D eigenvalue weighted by atomic mass is 16.5. The molecule has 1 aliphatic rings. The number of esters is 4. The molecule has 0 atom stereocenters. The van der Waals surface area contributed by atoms with E-state index in [0.717, 1.165) is 0 Å². The number of aromatic nitrogens is 4. The van der Waals surface area contributed by atoms with Crippen molar-refractivity contribution in [3.63, 3.8) is 0 Å². The molecule has 0 radical (unpaired) electrons. The SMILES string of the molecule is CCOC(=O)c1ccc(Nc2nc(-c3ccccn3)c3c(c2Nc2ccc(C(=O)OCC)cc2)C(=O)c2c(Nc4ccc(C(=O)OCC)cc4)c(Nc4ccc(C(=O)OCC)cc4)nc(-c4ccccn4)c2C3=O)cc1. The average Bonchev–Trinajstić information content (AvgIpc) is 3.45. The van der Waals surface area contributed by atoms with E-state index in [1.54, 1.807) is 161 Å². The molecular weight excluding hydrogens is 969 g/mol. The summed E-state index contributed by atoms with van der Waals surface area (Å²) in [5.74, 6) is -3.27. The third-order valence-electron chi connectivity index (χ3n) is 11.8. The van der Waals surface area contributed by atoms with Gasteiger partial charge in [-0.05, 0) is 149 Å². The number of nitrogens with zero attached hydrogens (tertiary/aromatic N) is 4. The van der Waals surface area contributed by atoms with Gasteiger partial charge < -0.3 is 40.2 Å². The van der Waals surface area contributed by atoms with E-state index >= 15 is 9.59 Å². The van der Waals surface area contributed by atoms with Crippen molar-refractivity contribution >= 4 is 81.2 Å². The second kappa shape index (κ2) is 22.8. The van der Waals surface area contributed by atoms with Gasteiger partial charge in [0, 0.05) is 35.1 Å². The van der Waals surface area contributed by atoms with Crippen LogP contribution >= 0.6 is 0 Å². The predicted molar refractivity (Wildman–Crippen MR) is 285 cm³/mol. The van der Waals surface area contributed by atoms with Gasteiger partial charge in [-0.2, -0.15) is 0 Å². The molecule has 380 valence electrons. The molecule has 76 heavy (non-hydrogen) atoms. The lowest BCUT2D eigenvalue weighted by Gasteiger charge is -2.29. The third-order valence-corrected chi connectivity index (χ3v) is 11.8. The van der Waals surface area contributed by atoms with E-state index < -0.39 is 35.4 Å². The summed E-state index contributed by atoms with van der Waals surface area (Å²) in [6.45, 7) is 7.52. The van der Waals surface area contributed by atoms with E-state index in [9.17, 15) is 19.2 Å². The van der Waals surface area contributed by atoms with E-state index in [1.165, 1.54) is 12.4 Å². The van der Waals surface area contributed by atoms with Gasteiger partial charge in [0.15, 0.2) is 23.2 Å². The lowest BCUT2D eigenvalue weighted by atomic mass is 9.79. The molecule has 4 N–H and O–H groups in total. The number of hydrogen-bond donors (Lipinski definition) is 4. The molecule has 0 unspecified atom stereocenters. The highest BCUT2D eigenvalue weighted by Crippen LogP contribution is 2.48. The molecule has 0 amide bonds. The van der Waals surface area contributed by atoms with Gasteiger partial charge in [-0.1, -0.05) is 12.1 Å². The van der Waals surface area contributed by atoms with E-state index in [2.05, 4.69) is 31.2 Å². The highest BCUT2D eigenvalue weighted by molar-refractivity contribution is 6.36. The first-order valence-electron chi connectivity index (χ1n) is 24.2. The van der Waals surface area contributed by atoms with Gasteiger partial charge in [0.2, 0.25) is 0 Å². The number of anilines is 8. The number of nitrogens with one attached hydrogen (secondary N) is 4. The van der Waals surface area contributed by atoms with Crippen LogP contribution in [-0.4, -0.2) is 81.8 Å². The summed E-state index contributed by atoms with van der Waals surface area (Å²) in [4.78, 5) is 103. The molecule has 4 aromatic heterocycles. The normalized spacial score (nSPS) is 11.4. The molecule has 1 aliphatic carbocycles. The molecule has 8 aromatic rings. The van der Waals surface area contributed by atoms with E-state index in [4.69, 9.17) is 28.9 Å².